The Kier molecular flexibility index (Phi) is 7.76. The molecule has 4 rings (SSSR count). The average molecular weight is 509 g/mol. The number of halogens is 3. The molecular weight excluding hydrogens is 485 g/mol. The van der Waals surface area contributed by atoms with Crippen LogP contribution in [0.3, 0.4) is 0 Å². The summed E-state index contributed by atoms with van der Waals surface area (Å²) < 4.78 is 39.1. The molecule has 0 fully saturated rings. The predicted octanol–water partition coefficient (Wildman–Crippen LogP) is 5.44. The van der Waals surface area contributed by atoms with E-state index in [1.165, 1.54) is 12.1 Å². The second kappa shape index (κ2) is 11.2. The van der Waals surface area contributed by atoms with Gasteiger partial charge in [0.1, 0.15) is 0 Å². The van der Waals surface area contributed by atoms with Gasteiger partial charge in [0.05, 0.1) is 28.0 Å². The van der Waals surface area contributed by atoms with Crippen LogP contribution < -0.4 is 5.32 Å². The molecule has 0 atom stereocenters. The van der Waals surface area contributed by atoms with E-state index in [9.17, 15) is 22.8 Å². The first kappa shape index (κ1) is 25.7. The molecule has 37 heavy (non-hydrogen) atoms. The third-order valence-corrected chi connectivity index (χ3v) is 5.74. The highest BCUT2D eigenvalue weighted by molar-refractivity contribution is 5.97. The van der Waals surface area contributed by atoms with Crippen LogP contribution in [0, 0.1) is 0 Å². The van der Waals surface area contributed by atoms with Crippen molar-refractivity contribution in [2.75, 3.05) is 0 Å². The van der Waals surface area contributed by atoms with Crippen molar-refractivity contribution in [2.24, 2.45) is 0 Å². The van der Waals surface area contributed by atoms with Crippen molar-refractivity contribution >= 4 is 22.9 Å². The molecule has 0 bridgehead atoms. The maximum atomic E-state index is 13.0. The number of carboxylic acids is 1. The van der Waals surface area contributed by atoms with Crippen molar-refractivity contribution in [3.05, 3.63) is 89.4 Å². The van der Waals surface area contributed by atoms with Gasteiger partial charge in [-0.05, 0) is 67.3 Å². The summed E-state index contributed by atoms with van der Waals surface area (Å²) in [5.41, 5.74) is 2.86. The summed E-state index contributed by atoms with van der Waals surface area (Å²) in [4.78, 5) is 36.8. The van der Waals surface area contributed by atoms with Crippen molar-refractivity contribution in [1.82, 2.24) is 20.3 Å². The molecule has 0 radical (unpaired) electrons. The topological polar surface area (TPSA) is 105 Å². The van der Waals surface area contributed by atoms with Crippen LogP contribution in [0.1, 0.15) is 46.4 Å². The van der Waals surface area contributed by atoms with Gasteiger partial charge in [-0.25, -0.2) is 9.97 Å². The van der Waals surface area contributed by atoms with E-state index >= 15 is 0 Å². The summed E-state index contributed by atoms with van der Waals surface area (Å²) in [6.07, 6.45) is 0.120. The number of alkyl halides is 3. The van der Waals surface area contributed by atoms with E-state index in [0.717, 1.165) is 17.7 Å². The number of nitrogens with zero attached hydrogens (tertiary/aromatic N) is 3. The highest BCUT2D eigenvalue weighted by Crippen LogP contribution is 2.32. The summed E-state index contributed by atoms with van der Waals surface area (Å²) >= 11 is 0. The quantitative estimate of drug-likeness (QED) is 0.292. The SMILES string of the molecule is O=C(O)CCCCc1nc2cc(C(=O)NCc3ccncc3)ccc2nc1-c1ccc(C(F)(F)F)cc1. The number of hydrogen-bond acceptors (Lipinski definition) is 5. The van der Waals surface area contributed by atoms with E-state index in [0.29, 0.717) is 59.4 Å². The first-order chi connectivity index (χ1) is 17.7. The van der Waals surface area contributed by atoms with Crippen LogP contribution in [-0.2, 0) is 23.9 Å². The maximum Gasteiger partial charge on any atom is 0.416 e. The van der Waals surface area contributed by atoms with Crippen molar-refractivity contribution in [2.45, 2.75) is 38.4 Å². The summed E-state index contributed by atoms with van der Waals surface area (Å²) in [5.74, 6) is -1.20. The molecule has 10 heteroatoms. The first-order valence-corrected chi connectivity index (χ1v) is 11.6. The third kappa shape index (κ3) is 6.66. The Hall–Kier alpha value is -4.34. The molecule has 2 aromatic heterocycles. The number of carboxylic acid groups (broad SMARTS) is 1. The van der Waals surface area contributed by atoms with Crippen LogP contribution in [0.4, 0.5) is 13.2 Å². The van der Waals surface area contributed by atoms with Gasteiger partial charge in [0.25, 0.3) is 5.91 Å². The highest BCUT2D eigenvalue weighted by Gasteiger charge is 2.30. The van der Waals surface area contributed by atoms with Crippen molar-refractivity contribution in [3.63, 3.8) is 0 Å². The highest BCUT2D eigenvalue weighted by atomic mass is 19.4. The Bertz CT molecular complexity index is 1410. The number of pyridine rings is 1. The van der Waals surface area contributed by atoms with Gasteiger partial charge in [0.2, 0.25) is 0 Å². The van der Waals surface area contributed by atoms with Gasteiger partial charge in [0, 0.05) is 36.5 Å². The molecule has 2 aromatic carbocycles. The van der Waals surface area contributed by atoms with Gasteiger partial charge >= 0.3 is 12.1 Å². The molecule has 7 nitrogen and oxygen atoms in total. The van der Waals surface area contributed by atoms with Gasteiger partial charge in [-0.2, -0.15) is 13.2 Å². The number of unbranched alkanes of at least 4 members (excludes halogenated alkanes) is 1. The van der Waals surface area contributed by atoms with Gasteiger partial charge in [-0.3, -0.25) is 14.6 Å². The second-order valence-electron chi connectivity index (χ2n) is 8.44. The molecule has 2 N–H and O–H groups in total. The second-order valence-corrected chi connectivity index (χ2v) is 8.44. The van der Waals surface area contributed by atoms with Gasteiger partial charge in [-0.1, -0.05) is 12.1 Å². The summed E-state index contributed by atoms with van der Waals surface area (Å²) in [5, 5.41) is 11.8. The molecule has 0 unspecified atom stereocenters. The fraction of sp³-hybridized carbons (Fsp3) is 0.222. The van der Waals surface area contributed by atoms with Crippen LogP contribution in [0.25, 0.3) is 22.3 Å². The largest absolute Gasteiger partial charge is 0.481 e. The molecule has 4 aromatic rings. The lowest BCUT2D eigenvalue weighted by atomic mass is 10.0. The van der Waals surface area contributed by atoms with Crippen molar-refractivity contribution in [1.29, 1.82) is 0 Å². The number of benzene rings is 2. The van der Waals surface area contributed by atoms with Crippen molar-refractivity contribution < 1.29 is 27.9 Å². The minimum Gasteiger partial charge on any atom is -0.481 e. The van der Waals surface area contributed by atoms with E-state index in [2.05, 4.69) is 20.3 Å². The number of hydrogen-bond donors (Lipinski definition) is 2. The molecule has 2 heterocycles. The van der Waals surface area contributed by atoms with Gasteiger partial charge < -0.3 is 10.4 Å². The van der Waals surface area contributed by atoms with E-state index in [1.54, 1.807) is 42.7 Å². The number of rotatable bonds is 9. The molecule has 0 aliphatic carbocycles. The third-order valence-electron chi connectivity index (χ3n) is 5.74. The molecular formula is C27H23F3N4O3. The number of aryl methyl sites for hydroxylation is 1. The van der Waals surface area contributed by atoms with Crippen LogP contribution in [0.15, 0.2) is 67.0 Å². The number of carbonyl (C=O) groups is 2. The van der Waals surface area contributed by atoms with Crippen LogP contribution in [-0.4, -0.2) is 31.9 Å². The standard InChI is InChI=1S/C27H23F3N4O3/c28-27(29,30)20-8-5-18(6-9-20)25-22(3-1-2-4-24(35)36)33-23-15-19(7-10-21(23)34-25)26(37)32-16-17-11-13-31-14-12-17/h5-15H,1-4,16H2,(H,32,37)(H,35,36). The summed E-state index contributed by atoms with van der Waals surface area (Å²) in [6, 6.07) is 13.1. The first-order valence-electron chi connectivity index (χ1n) is 11.6. The summed E-state index contributed by atoms with van der Waals surface area (Å²) in [7, 11) is 0. The lowest BCUT2D eigenvalue weighted by Gasteiger charge is -2.12. The molecule has 1 amide bonds. The lowest BCUT2D eigenvalue weighted by Crippen LogP contribution is -2.22. The Balaban J connectivity index is 1.63. The number of fused-ring (bicyclic) bond motifs is 1. The number of aromatic nitrogens is 3. The number of carbonyl (C=O) groups excluding carboxylic acids is 1. The van der Waals surface area contributed by atoms with Gasteiger partial charge in [-0.15, -0.1) is 0 Å². The molecule has 0 aliphatic rings. The lowest BCUT2D eigenvalue weighted by molar-refractivity contribution is -0.138. The monoisotopic (exact) mass is 508 g/mol. The molecule has 0 saturated heterocycles. The zero-order valence-corrected chi connectivity index (χ0v) is 19.6. The van der Waals surface area contributed by atoms with E-state index < -0.39 is 17.7 Å². The zero-order valence-electron chi connectivity index (χ0n) is 19.6. The Morgan fingerprint density at radius 3 is 2.30 bits per heavy atom. The van der Waals surface area contributed by atoms with Crippen LogP contribution in [0.2, 0.25) is 0 Å². The fourth-order valence-electron chi connectivity index (χ4n) is 3.81. The molecule has 0 saturated carbocycles. The molecule has 0 spiro atoms. The van der Waals surface area contributed by atoms with Crippen LogP contribution >= 0.6 is 0 Å². The smallest absolute Gasteiger partial charge is 0.416 e. The number of amides is 1. The van der Waals surface area contributed by atoms with E-state index in [4.69, 9.17) is 5.11 Å². The van der Waals surface area contributed by atoms with Crippen LogP contribution in [0.5, 0.6) is 0 Å². The minimum absolute atomic E-state index is 0.00157. The Morgan fingerprint density at radius 2 is 1.62 bits per heavy atom. The fourth-order valence-corrected chi connectivity index (χ4v) is 3.81. The number of nitrogens with one attached hydrogen (secondary N) is 1. The molecule has 190 valence electrons. The predicted molar refractivity (Wildman–Crippen MR) is 131 cm³/mol. The summed E-state index contributed by atoms with van der Waals surface area (Å²) in [6.45, 7) is 0.326. The molecule has 0 aliphatic heterocycles. The van der Waals surface area contributed by atoms with E-state index in [-0.39, 0.29) is 12.3 Å². The van der Waals surface area contributed by atoms with Crippen molar-refractivity contribution in [3.8, 4) is 11.3 Å². The van der Waals surface area contributed by atoms with E-state index in [1.807, 2.05) is 0 Å². The Morgan fingerprint density at radius 1 is 0.892 bits per heavy atom. The maximum absolute atomic E-state index is 13.0. The number of aliphatic carboxylic acids is 1. The van der Waals surface area contributed by atoms with Gasteiger partial charge in [0.15, 0.2) is 0 Å². The zero-order chi connectivity index (χ0) is 26.4. The minimum atomic E-state index is -4.46. The normalized spacial score (nSPS) is 11.4. The average Bonchev–Trinajstić information content (AvgIpc) is 2.89. The Labute approximate surface area is 210 Å².